The summed E-state index contributed by atoms with van der Waals surface area (Å²) in [6, 6.07) is 11.6. The summed E-state index contributed by atoms with van der Waals surface area (Å²) in [5, 5.41) is 27.5. The minimum Gasteiger partial charge on any atom is -0.465 e. The molecule has 2 rings (SSSR count). The van der Waals surface area contributed by atoms with Gasteiger partial charge < -0.3 is 34.7 Å². The number of carboxylic acid groups (broad SMARTS) is 1. The Morgan fingerprint density at radius 1 is 0.900 bits per heavy atom. The fourth-order valence-electron chi connectivity index (χ4n) is 3.77. The SMILES string of the molecule is CN(CC(CC(O)CO)c1ccc(F)cc1)C(=O)OC(C)(C)C.CN(CC(CC=O)c1ccc(F)cc1)C(=O)O. The van der Waals surface area contributed by atoms with E-state index in [9.17, 15) is 28.3 Å². The van der Waals surface area contributed by atoms with Crippen LogP contribution in [0.3, 0.4) is 0 Å². The first-order chi connectivity index (χ1) is 18.7. The second-order valence-electron chi connectivity index (χ2n) is 10.5. The highest BCUT2D eigenvalue weighted by molar-refractivity contribution is 5.67. The number of nitrogens with zero attached hydrogens (tertiary/aromatic N) is 2. The van der Waals surface area contributed by atoms with Gasteiger partial charge in [-0.3, -0.25) is 0 Å². The number of halogens is 2. The Labute approximate surface area is 234 Å². The van der Waals surface area contributed by atoms with Gasteiger partial charge in [0.05, 0.1) is 12.7 Å². The summed E-state index contributed by atoms with van der Waals surface area (Å²) in [5.41, 5.74) is 0.947. The summed E-state index contributed by atoms with van der Waals surface area (Å²) in [6.45, 7) is 5.48. The summed E-state index contributed by atoms with van der Waals surface area (Å²) in [4.78, 5) is 35.9. The molecule has 0 saturated carbocycles. The van der Waals surface area contributed by atoms with Crippen LogP contribution in [0.15, 0.2) is 48.5 Å². The van der Waals surface area contributed by atoms with E-state index in [2.05, 4.69) is 0 Å². The Morgan fingerprint density at radius 3 is 1.75 bits per heavy atom. The Kier molecular flexibility index (Phi) is 14.2. The number of hydrogen-bond acceptors (Lipinski definition) is 6. The highest BCUT2D eigenvalue weighted by atomic mass is 19.1. The zero-order chi connectivity index (χ0) is 30.5. The van der Waals surface area contributed by atoms with Crippen LogP contribution >= 0.6 is 0 Å². The molecule has 0 saturated heterocycles. The van der Waals surface area contributed by atoms with Crippen LogP contribution in [-0.4, -0.2) is 89.1 Å². The predicted molar refractivity (Wildman–Crippen MR) is 146 cm³/mol. The maximum atomic E-state index is 13.1. The molecule has 40 heavy (non-hydrogen) atoms. The first kappa shape index (κ1) is 34.5. The number of aliphatic hydroxyl groups is 2. The number of amides is 2. The number of ether oxygens (including phenoxy) is 1. The van der Waals surface area contributed by atoms with E-state index >= 15 is 0 Å². The van der Waals surface area contributed by atoms with Gasteiger partial charge in [0.25, 0.3) is 0 Å². The smallest absolute Gasteiger partial charge is 0.410 e. The molecule has 2 amide bonds. The average molecular weight is 567 g/mol. The number of likely N-dealkylation sites (N-methyl/N-ethyl adjacent to an activating group) is 2. The van der Waals surface area contributed by atoms with Gasteiger partial charge in [-0.2, -0.15) is 0 Å². The molecule has 0 aliphatic rings. The van der Waals surface area contributed by atoms with Crippen LogP contribution in [0.1, 0.15) is 56.6 Å². The summed E-state index contributed by atoms with van der Waals surface area (Å²) in [7, 11) is 3.04. The maximum absolute atomic E-state index is 13.1. The number of carbonyl (C=O) groups excluding carboxylic acids is 2. The molecule has 0 bridgehead atoms. The predicted octanol–water partition coefficient (Wildman–Crippen LogP) is 4.63. The third kappa shape index (κ3) is 13.0. The minimum atomic E-state index is -1.05. The van der Waals surface area contributed by atoms with Crippen LogP contribution in [-0.2, 0) is 9.53 Å². The van der Waals surface area contributed by atoms with E-state index in [-0.39, 0.29) is 56.0 Å². The lowest BCUT2D eigenvalue weighted by molar-refractivity contribution is -0.108. The fraction of sp³-hybridized carbons (Fsp3) is 0.483. The standard InChI is InChI=1S/C17H26FNO4.C12H14FNO3/c1-17(2,3)23-16(22)19(4)10-13(9-15(21)11-20)12-5-7-14(18)8-6-12;1-14(12(16)17)8-10(6-7-15)9-2-4-11(13)5-3-9/h5-8,13,15,20-21H,9-11H2,1-4H3;2-5,7,10H,6,8H2,1H3,(H,16,17). The van der Waals surface area contributed by atoms with Crippen molar-refractivity contribution in [2.45, 2.75) is 57.2 Å². The molecule has 2 aromatic rings. The van der Waals surface area contributed by atoms with Crippen molar-refractivity contribution in [2.24, 2.45) is 0 Å². The molecular formula is C29H40F2N2O7. The minimum absolute atomic E-state index is 0.208. The van der Waals surface area contributed by atoms with Crippen LogP contribution < -0.4 is 0 Å². The molecule has 0 heterocycles. The molecular weight excluding hydrogens is 526 g/mol. The average Bonchev–Trinajstić information content (AvgIpc) is 2.88. The van der Waals surface area contributed by atoms with E-state index in [1.807, 2.05) is 0 Å². The van der Waals surface area contributed by atoms with Crippen LogP contribution in [0, 0.1) is 11.6 Å². The number of carbonyl (C=O) groups is 3. The third-order valence-electron chi connectivity index (χ3n) is 5.85. The van der Waals surface area contributed by atoms with Crippen molar-refractivity contribution in [3.63, 3.8) is 0 Å². The van der Waals surface area contributed by atoms with Crippen LogP contribution in [0.5, 0.6) is 0 Å². The molecule has 0 aromatic heterocycles. The molecule has 2 aromatic carbocycles. The lowest BCUT2D eigenvalue weighted by Gasteiger charge is -2.28. The Morgan fingerprint density at radius 2 is 1.35 bits per heavy atom. The van der Waals surface area contributed by atoms with Crippen molar-refractivity contribution < 1.29 is 43.2 Å². The number of hydrogen-bond donors (Lipinski definition) is 3. The second-order valence-corrected chi connectivity index (χ2v) is 10.5. The van der Waals surface area contributed by atoms with Gasteiger partial charge in [0, 0.05) is 45.4 Å². The van der Waals surface area contributed by atoms with Gasteiger partial charge in [-0.1, -0.05) is 24.3 Å². The van der Waals surface area contributed by atoms with E-state index in [0.717, 1.165) is 22.3 Å². The molecule has 11 heteroatoms. The summed E-state index contributed by atoms with van der Waals surface area (Å²) < 4.78 is 31.1. The fourth-order valence-corrected chi connectivity index (χ4v) is 3.77. The largest absolute Gasteiger partial charge is 0.465 e. The number of rotatable bonds is 11. The normalized spacial score (nSPS) is 13.2. The first-order valence-corrected chi connectivity index (χ1v) is 12.8. The van der Waals surface area contributed by atoms with Crippen molar-refractivity contribution in [3.8, 4) is 0 Å². The van der Waals surface area contributed by atoms with Crippen LogP contribution in [0.2, 0.25) is 0 Å². The highest BCUT2D eigenvalue weighted by Crippen LogP contribution is 2.24. The van der Waals surface area contributed by atoms with E-state index < -0.39 is 23.9 Å². The molecule has 0 radical (unpaired) electrons. The van der Waals surface area contributed by atoms with Crippen molar-refractivity contribution in [2.75, 3.05) is 33.8 Å². The van der Waals surface area contributed by atoms with Gasteiger partial charge in [-0.25, -0.2) is 18.4 Å². The Balaban J connectivity index is 0.000000418. The monoisotopic (exact) mass is 566 g/mol. The molecule has 3 N–H and O–H groups in total. The highest BCUT2D eigenvalue weighted by Gasteiger charge is 2.24. The summed E-state index contributed by atoms with van der Waals surface area (Å²) in [5.74, 6) is -1.19. The maximum Gasteiger partial charge on any atom is 0.410 e. The van der Waals surface area contributed by atoms with E-state index in [0.29, 0.717) is 0 Å². The van der Waals surface area contributed by atoms with Crippen LogP contribution in [0.4, 0.5) is 18.4 Å². The van der Waals surface area contributed by atoms with Gasteiger partial charge in [0.1, 0.15) is 23.5 Å². The number of aliphatic hydroxyl groups excluding tert-OH is 2. The second kappa shape index (κ2) is 16.5. The Hall–Kier alpha value is -3.57. The summed E-state index contributed by atoms with van der Waals surface area (Å²) in [6.07, 6.45) is -1.22. The third-order valence-corrected chi connectivity index (χ3v) is 5.85. The molecule has 0 fully saturated rings. The molecule has 9 nitrogen and oxygen atoms in total. The number of benzene rings is 2. The van der Waals surface area contributed by atoms with E-state index in [1.54, 1.807) is 52.1 Å². The zero-order valence-electron chi connectivity index (χ0n) is 23.6. The Bertz CT molecular complexity index is 1060. The van der Waals surface area contributed by atoms with E-state index in [1.165, 1.54) is 36.2 Å². The van der Waals surface area contributed by atoms with Gasteiger partial charge >= 0.3 is 12.2 Å². The van der Waals surface area contributed by atoms with Gasteiger partial charge in [-0.05, 0) is 62.6 Å². The molecule has 0 aliphatic heterocycles. The van der Waals surface area contributed by atoms with Crippen LogP contribution in [0.25, 0.3) is 0 Å². The van der Waals surface area contributed by atoms with Gasteiger partial charge in [-0.15, -0.1) is 0 Å². The van der Waals surface area contributed by atoms with Crippen molar-refractivity contribution in [3.05, 3.63) is 71.3 Å². The topological polar surface area (TPSA) is 128 Å². The molecule has 3 unspecified atom stereocenters. The molecule has 222 valence electrons. The zero-order valence-corrected chi connectivity index (χ0v) is 23.6. The van der Waals surface area contributed by atoms with Crippen molar-refractivity contribution in [1.29, 1.82) is 0 Å². The van der Waals surface area contributed by atoms with Gasteiger partial charge in [0.2, 0.25) is 0 Å². The first-order valence-electron chi connectivity index (χ1n) is 12.8. The molecule has 0 aliphatic carbocycles. The van der Waals surface area contributed by atoms with Crippen molar-refractivity contribution in [1.82, 2.24) is 9.80 Å². The lowest BCUT2D eigenvalue weighted by atomic mass is 9.92. The quantitative estimate of drug-likeness (QED) is 0.339. The van der Waals surface area contributed by atoms with E-state index in [4.69, 9.17) is 14.9 Å². The molecule has 0 spiro atoms. The van der Waals surface area contributed by atoms with Crippen molar-refractivity contribution >= 4 is 18.5 Å². The lowest BCUT2D eigenvalue weighted by Crippen LogP contribution is -2.37. The number of aldehydes is 1. The molecule has 3 atom stereocenters. The summed E-state index contributed by atoms with van der Waals surface area (Å²) >= 11 is 0. The van der Waals surface area contributed by atoms with Gasteiger partial charge in [0.15, 0.2) is 0 Å².